The number of nitrogens with one attached hydrogen (secondary N) is 2. The molecule has 190 valence electrons. The molecule has 0 fully saturated rings. The van der Waals surface area contributed by atoms with E-state index in [4.69, 9.17) is 0 Å². The number of carbonyl (C=O) groups excluding carboxylic acids is 2. The highest BCUT2D eigenvalue weighted by molar-refractivity contribution is 5.87. The first-order chi connectivity index (χ1) is 16.9. The molecule has 10 nitrogen and oxygen atoms in total. The van der Waals surface area contributed by atoms with Crippen LogP contribution in [0, 0.1) is 0 Å². The lowest BCUT2D eigenvalue weighted by Crippen LogP contribution is -2.24. The molecule has 0 radical (unpaired) electrons. The second-order valence-corrected chi connectivity index (χ2v) is 7.05. The minimum atomic E-state index is -4.61. The number of benzene rings is 1. The Labute approximate surface area is 198 Å². The summed E-state index contributed by atoms with van der Waals surface area (Å²) >= 11 is 0. The van der Waals surface area contributed by atoms with Crippen LogP contribution >= 0.6 is 0 Å². The molecule has 0 atom stereocenters. The van der Waals surface area contributed by atoms with Crippen molar-refractivity contribution in [3.8, 4) is 0 Å². The predicted octanol–water partition coefficient (Wildman–Crippen LogP) is 2.42. The van der Waals surface area contributed by atoms with Crippen molar-refractivity contribution in [3.05, 3.63) is 71.3 Å². The topological polar surface area (TPSA) is 119 Å². The monoisotopic (exact) mass is 514 g/mol. The number of hydrazone groups is 2. The third-order valence-corrected chi connectivity index (χ3v) is 4.19. The van der Waals surface area contributed by atoms with Crippen molar-refractivity contribution in [2.45, 2.75) is 25.4 Å². The van der Waals surface area contributed by atoms with Crippen LogP contribution in [0.1, 0.15) is 22.5 Å². The molecule has 0 aliphatic rings. The Hall–Kier alpha value is -4.50. The molecular weight excluding hydrogens is 498 g/mol. The zero-order chi connectivity index (χ0) is 26.3. The molecule has 2 heterocycles. The first-order valence-corrected chi connectivity index (χ1v) is 9.85. The fraction of sp³-hybridized carbons (Fsp3) is 0.200. The van der Waals surface area contributed by atoms with Gasteiger partial charge in [0.05, 0.1) is 12.4 Å². The number of amides is 2. The molecule has 0 saturated heterocycles. The van der Waals surface area contributed by atoms with E-state index in [0.29, 0.717) is 11.1 Å². The van der Waals surface area contributed by atoms with Crippen LogP contribution < -0.4 is 10.9 Å². The van der Waals surface area contributed by atoms with Crippen LogP contribution in [0.2, 0.25) is 0 Å². The molecule has 0 aliphatic heterocycles. The molecule has 2 aromatic heterocycles. The zero-order valence-corrected chi connectivity index (χ0v) is 18.0. The van der Waals surface area contributed by atoms with Crippen molar-refractivity contribution in [3.63, 3.8) is 0 Å². The van der Waals surface area contributed by atoms with Crippen LogP contribution in [0.25, 0.3) is 0 Å². The summed E-state index contributed by atoms with van der Waals surface area (Å²) in [6.07, 6.45) is -4.65. The van der Waals surface area contributed by atoms with Crippen LogP contribution in [0.5, 0.6) is 0 Å². The summed E-state index contributed by atoms with van der Waals surface area (Å²) in [7, 11) is 0. The molecule has 2 N–H and O–H groups in total. The van der Waals surface area contributed by atoms with Crippen LogP contribution in [0.4, 0.5) is 26.3 Å². The van der Waals surface area contributed by atoms with Crippen LogP contribution in [-0.2, 0) is 35.0 Å². The second kappa shape index (κ2) is 10.8. The minimum absolute atomic E-state index is 0.476. The average Bonchev–Trinajstić information content (AvgIpc) is 3.43. The Morgan fingerprint density at radius 1 is 0.778 bits per heavy atom. The van der Waals surface area contributed by atoms with E-state index in [-0.39, 0.29) is 0 Å². The third kappa shape index (κ3) is 7.78. The summed E-state index contributed by atoms with van der Waals surface area (Å²) in [6.45, 7) is -0.953. The number of rotatable bonds is 8. The van der Waals surface area contributed by atoms with Gasteiger partial charge in [-0.15, -0.1) is 0 Å². The quantitative estimate of drug-likeness (QED) is 0.273. The van der Waals surface area contributed by atoms with E-state index in [9.17, 15) is 35.9 Å². The van der Waals surface area contributed by atoms with Gasteiger partial charge in [-0.05, 0) is 29.3 Å². The van der Waals surface area contributed by atoms with Crippen molar-refractivity contribution in [2.75, 3.05) is 0 Å². The van der Waals surface area contributed by atoms with Crippen LogP contribution in [0.15, 0.2) is 59.0 Å². The largest absolute Gasteiger partial charge is 0.435 e. The SMILES string of the molecule is O=C(Cn1ccc(C(F)(F)F)n1)N/N=C\c1cccc(/C=N\NC(=O)Cn2ccc(C(F)(F)F)n2)c1. The van der Waals surface area contributed by atoms with Gasteiger partial charge in [0.25, 0.3) is 11.8 Å². The molecule has 36 heavy (non-hydrogen) atoms. The van der Waals surface area contributed by atoms with Crippen molar-refractivity contribution in [1.82, 2.24) is 30.4 Å². The number of hydrogen-bond donors (Lipinski definition) is 2. The number of alkyl halides is 6. The molecule has 3 rings (SSSR count). The highest BCUT2D eigenvalue weighted by atomic mass is 19.4. The second-order valence-electron chi connectivity index (χ2n) is 7.05. The first-order valence-electron chi connectivity index (χ1n) is 9.85. The zero-order valence-electron chi connectivity index (χ0n) is 18.0. The van der Waals surface area contributed by atoms with Gasteiger partial charge in [0.2, 0.25) is 0 Å². The lowest BCUT2D eigenvalue weighted by Gasteiger charge is -2.03. The van der Waals surface area contributed by atoms with Gasteiger partial charge in [-0.2, -0.15) is 46.7 Å². The molecule has 16 heteroatoms. The molecule has 0 bridgehead atoms. The number of aromatic nitrogens is 4. The van der Waals surface area contributed by atoms with Gasteiger partial charge < -0.3 is 0 Å². The number of nitrogens with zero attached hydrogens (tertiary/aromatic N) is 6. The average molecular weight is 514 g/mol. The first kappa shape index (κ1) is 26.1. The van der Waals surface area contributed by atoms with E-state index >= 15 is 0 Å². The van der Waals surface area contributed by atoms with Crippen molar-refractivity contribution >= 4 is 24.2 Å². The lowest BCUT2D eigenvalue weighted by atomic mass is 10.1. The predicted molar refractivity (Wildman–Crippen MR) is 112 cm³/mol. The number of carbonyl (C=O) groups is 2. The molecule has 2 amide bonds. The Morgan fingerprint density at radius 2 is 1.19 bits per heavy atom. The van der Waals surface area contributed by atoms with Gasteiger partial charge in [0.15, 0.2) is 11.4 Å². The Morgan fingerprint density at radius 3 is 1.56 bits per heavy atom. The van der Waals surface area contributed by atoms with Gasteiger partial charge in [-0.3, -0.25) is 19.0 Å². The lowest BCUT2D eigenvalue weighted by molar-refractivity contribution is -0.142. The molecule has 1 aromatic carbocycles. The maximum absolute atomic E-state index is 12.5. The van der Waals surface area contributed by atoms with Crippen molar-refractivity contribution < 1.29 is 35.9 Å². The maximum Gasteiger partial charge on any atom is 0.435 e. The highest BCUT2D eigenvalue weighted by Gasteiger charge is 2.34. The van der Waals surface area contributed by atoms with E-state index in [2.05, 4.69) is 31.3 Å². The standard InChI is InChI=1S/C20H16F6N8O2/c21-19(22,23)15-4-6-33(31-15)11-17(35)29-27-9-13-2-1-3-14(8-13)10-28-30-18(36)12-34-7-5-16(32-34)20(24,25)26/h1-10H,11-12H2,(H,29,35)(H,30,36)/b27-9-,28-10-. The summed E-state index contributed by atoms with van der Waals surface area (Å²) in [4.78, 5) is 23.6. The van der Waals surface area contributed by atoms with Gasteiger partial charge in [-0.1, -0.05) is 18.2 Å². The molecule has 0 saturated carbocycles. The summed E-state index contributed by atoms with van der Waals surface area (Å²) in [5.41, 5.74) is 3.11. The number of halogens is 6. The van der Waals surface area contributed by atoms with Gasteiger partial charge >= 0.3 is 12.4 Å². The molecular formula is C20H16F6N8O2. The Balaban J connectivity index is 1.47. The van der Waals surface area contributed by atoms with E-state index in [1.807, 2.05) is 0 Å². The van der Waals surface area contributed by atoms with Gasteiger partial charge in [-0.25, -0.2) is 10.9 Å². The Bertz CT molecular complexity index is 1180. The molecule has 0 spiro atoms. The van der Waals surface area contributed by atoms with E-state index in [1.54, 1.807) is 24.3 Å². The van der Waals surface area contributed by atoms with Gasteiger partial charge in [0.1, 0.15) is 13.1 Å². The van der Waals surface area contributed by atoms with Crippen molar-refractivity contribution in [2.24, 2.45) is 10.2 Å². The summed E-state index contributed by atoms with van der Waals surface area (Å²) < 4.78 is 76.9. The third-order valence-electron chi connectivity index (χ3n) is 4.19. The summed E-state index contributed by atoms with van der Waals surface area (Å²) in [5, 5.41) is 14.0. The van der Waals surface area contributed by atoms with Gasteiger partial charge in [0, 0.05) is 12.4 Å². The van der Waals surface area contributed by atoms with Crippen LogP contribution in [-0.4, -0.2) is 43.8 Å². The van der Waals surface area contributed by atoms with E-state index in [0.717, 1.165) is 33.9 Å². The summed E-state index contributed by atoms with van der Waals surface area (Å²) in [5.74, 6) is -1.41. The minimum Gasteiger partial charge on any atom is -0.271 e. The van der Waals surface area contributed by atoms with E-state index < -0.39 is 48.6 Å². The Kier molecular flexibility index (Phi) is 7.86. The van der Waals surface area contributed by atoms with Crippen LogP contribution in [0.3, 0.4) is 0 Å². The van der Waals surface area contributed by atoms with E-state index in [1.165, 1.54) is 12.4 Å². The van der Waals surface area contributed by atoms with Crippen molar-refractivity contribution in [1.29, 1.82) is 0 Å². The maximum atomic E-state index is 12.5. The normalized spacial score (nSPS) is 12.4. The fourth-order valence-electron chi connectivity index (χ4n) is 2.64. The fourth-order valence-corrected chi connectivity index (χ4v) is 2.64. The number of hydrogen-bond acceptors (Lipinski definition) is 6. The smallest absolute Gasteiger partial charge is 0.271 e. The summed E-state index contributed by atoms with van der Waals surface area (Å²) in [6, 6.07) is 7.95. The highest BCUT2D eigenvalue weighted by Crippen LogP contribution is 2.27. The molecule has 0 aliphatic carbocycles. The molecule has 0 unspecified atom stereocenters. The molecule has 3 aromatic rings.